The second kappa shape index (κ2) is 7.89. The third-order valence-electron chi connectivity index (χ3n) is 5.39. The molecule has 0 amide bonds. The fraction of sp³-hybridized carbons (Fsp3) is 0.0769. The summed E-state index contributed by atoms with van der Waals surface area (Å²) in [4.78, 5) is 17.9. The van der Waals surface area contributed by atoms with Gasteiger partial charge in [-0.2, -0.15) is 0 Å². The number of H-pyrrole nitrogens is 1. The number of aromatic amines is 1. The summed E-state index contributed by atoms with van der Waals surface area (Å²) < 4.78 is 1.53. The summed E-state index contributed by atoms with van der Waals surface area (Å²) in [6.07, 6.45) is 0.654. The Morgan fingerprint density at radius 1 is 0.903 bits per heavy atom. The molecule has 0 aliphatic heterocycles. The number of nitrogens with one attached hydrogen (secondary N) is 1. The second-order valence-electron chi connectivity index (χ2n) is 7.64. The van der Waals surface area contributed by atoms with Crippen LogP contribution in [0.5, 0.6) is 0 Å². The van der Waals surface area contributed by atoms with Gasteiger partial charge in [-0.1, -0.05) is 83.9 Å². The highest BCUT2D eigenvalue weighted by Crippen LogP contribution is 2.30. The summed E-state index contributed by atoms with van der Waals surface area (Å²) in [5.41, 5.74) is 7.15. The van der Waals surface area contributed by atoms with Gasteiger partial charge in [-0.25, -0.2) is 9.50 Å². The van der Waals surface area contributed by atoms with Crippen molar-refractivity contribution in [2.24, 2.45) is 0 Å². The first-order valence-electron chi connectivity index (χ1n) is 10.1. The average molecular weight is 426 g/mol. The van der Waals surface area contributed by atoms with Crippen LogP contribution in [0.1, 0.15) is 16.8 Å². The molecule has 0 fully saturated rings. The number of hydrogen-bond acceptors (Lipinski definition) is 2. The van der Waals surface area contributed by atoms with Crippen LogP contribution >= 0.6 is 11.6 Å². The molecule has 3 aromatic carbocycles. The van der Waals surface area contributed by atoms with Crippen LogP contribution in [0.3, 0.4) is 0 Å². The van der Waals surface area contributed by atoms with Crippen molar-refractivity contribution in [2.45, 2.75) is 13.3 Å². The quantitative estimate of drug-likeness (QED) is 0.389. The fourth-order valence-corrected chi connectivity index (χ4v) is 3.93. The van der Waals surface area contributed by atoms with Crippen LogP contribution in [0.4, 0.5) is 0 Å². The van der Waals surface area contributed by atoms with Crippen molar-refractivity contribution in [3.05, 3.63) is 117 Å². The summed E-state index contributed by atoms with van der Waals surface area (Å²) in [5.74, 6) is 0. The number of benzene rings is 3. The summed E-state index contributed by atoms with van der Waals surface area (Å²) >= 11 is 6.13. The van der Waals surface area contributed by atoms with E-state index in [4.69, 9.17) is 16.6 Å². The SMILES string of the molecule is Cc1ccc(-c2cc(=O)n3[nH]c(Cc4ccccc4)c(-c4ccc(Cl)cc4)c3n2)cc1. The third kappa shape index (κ3) is 3.78. The van der Waals surface area contributed by atoms with Gasteiger partial charge in [0.05, 0.1) is 5.69 Å². The Morgan fingerprint density at radius 3 is 2.29 bits per heavy atom. The molecule has 4 nitrogen and oxygen atoms in total. The number of halogens is 1. The molecule has 0 atom stereocenters. The molecule has 5 aromatic rings. The van der Waals surface area contributed by atoms with Gasteiger partial charge in [0, 0.05) is 34.3 Å². The van der Waals surface area contributed by atoms with Gasteiger partial charge >= 0.3 is 0 Å². The standard InChI is InChI=1S/C26H20ClN3O/c1-17-7-9-19(10-8-17)22-16-24(31)30-26(28-22)25(20-11-13-21(27)14-12-20)23(29-30)15-18-5-3-2-4-6-18/h2-14,16,29H,15H2,1H3. The number of fused-ring (bicyclic) bond motifs is 1. The lowest BCUT2D eigenvalue weighted by molar-refractivity contribution is 0.866. The summed E-state index contributed by atoms with van der Waals surface area (Å²) in [6, 6.07) is 27.4. The Morgan fingerprint density at radius 2 is 1.58 bits per heavy atom. The Labute approximate surface area is 184 Å². The first-order chi connectivity index (χ1) is 15.1. The monoisotopic (exact) mass is 425 g/mol. The molecule has 2 aromatic heterocycles. The zero-order chi connectivity index (χ0) is 21.4. The second-order valence-corrected chi connectivity index (χ2v) is 8.08. The van der Waals surface area contributed by atoms with Crippen LogP contribution in [0.15, 0.2) is 89.7 Å². The molecule has 0 saturated carbocycles. The van der Waals surface area contributed by atoms with Crippen molar-refractivity contribution >= 4 is 17.2 Å². The molecule has 1 N–H and O–H groups in total. The Balaban J connectivity index is 1.75. The topological polar surface area (TPSA) is 50.2 Å². The van der Waals surface area contributed by atoms with Crippen molar-refractivity contribution in [2.75, 3.05) is 0 Å². The van der Waals surface area contributed by atoms with Gasteiger partial charge in [0.25, 0.3) is 5.56 Å². The maximum Gasteiger partial charge on any atom is 0.273 e. The van der Waals surface area contributed by atoms with E-state index < -0.39 is 0 Å². The van der Waals surface area contributed by atoms with Gasteiger partial charge in [0.15, 0.2) is 5.65 Å². The van der Waals surface area contributed by atoms with Crippen LogP contribution in [0.2, 0.25) is 5.02 Å². The Kier molecular flexibility index (Phi) is 4.92. The summed E-state index contributed by atoms with van der Waals surface area (Å²) in [6.45, 7) is 2.04. The minimum Gasteiger partial charge on any atom is -0.293 e. The van der Waals surface area contributed by atoms with Crippen LogP contribution in [0, 0.1) is 6.92 Å². The highest BCUT2D eigenvalue weighted by molar-refractivity contribution is 6.30. The lowest BCUT2D eigenvalue weighted by Crippen LogP contribution is -2.14. The molecule has 2 heterocycles. The van der Waals surface area contributed by atoms with Crippen molar-refractivity contribution in [1.29, 1.82) is 0 Å². The highest BCUT2D eigenvalue weighted by atomic mass is 35.5. The molecular weight excluding hydrogens is 406 g/mol. The zero-order valence-electron chi connectivity index (χ0n) is 17.0. The lowest BCUT2D eigenvalue weighted by atomic mass is 10.0. The minimum absolute atomic E-state index is 0.143. The fourth-order valence-electron chi connectivity index (χ4n) is 3.80. The van der Waals surface area contributed by atoms with E-state index in [1.54, 1.807) is 6.07 Å². The molecule has 152 valence electrons. The number of aryl methyl sites for hydroxylation is 1. The average Bonchev–Trinajstić information content (AvgIpc) is 3.14. The van der Waals surface area contributed by atoms with E-state index in [0.29, 0.717) is 22.8 Å². The van der Waals surface area contributed by atoms with E-state index in [0.717, 1.165) is 33.5 Å². The van der Waals surface area contributed by atoms with E-state index in [-0.39, 0.29) is 5.56 Å². The molecule has 0 bridgehead atoms. The Bertz CT molecular complexity index is 1420. The lowest BCUT2D eigenvalue weighted by Gasteiger charge is -2.06. The normalized spacial score (nSPS) is 11.2. The summed E-state index contributed by atoms with van der Waals surface area (Å²) in [7, 11) is 0. The molecular formula is C26H20ClN3O. The van der Waals surface area contributed by atoms with E-state index in [2.05, 4.69) is 17.2 Å². The Hall–Kier alpha value is -3.63. The molecule has 5 heteroatoms. The zero-order valence-corrected chi connectivity index (χ0v) is 17.7. The molecule has 0 saturated heterocycles. The number of rotatable bonds is 4. The van der Waals surface area contributed by atoms with Crippen molar-refractivity contribution in [3.63, 3.8) is 0 Å². The van der Waals surface area contributed by atoms with E-state index in [1.165, 1.54) is 4.52 Å². The smallest absolute Gasteiger partial charge is 0.273 e. The predicted molar refractivity (Wildman–Crippen MR) is 126 cm³/mol. The first-order valence-corrected chi connectivity index (χ1v) is 10.5. The largest absolute Gasteiger partial charge is 0.293 e. The number of aromatic nitrogens is 3. The molecule has 0 unspecified atom stereocenters. The highest BCUT2D eigenvalue weighted by Gasteiger charge is 2.18. The van der Waals surface area contributed by atoms with Crippen LogP contribution in [0.25, 0.3) is 28.0 Å². The molecule has 0 spiro atoms. The summed E-state index contributed by atoms with van der Waals surface area (Å²) in [5, 5.41) is 3.96. The van der Waals surface area contributed by atoms with Crippen molar-refractivity contribution in [1.82, 2.24) is 14.6 Å². The van der Waals surface area contributed by atoms with E-state index in [9.17, 15) is 4.79 Å². The van der Waals surface area contributed by atoms with Gasteiger partial charge in [-0.15, -0.1) is 0 Å². The van der Waals surface area contributed by atoms with Gasteiger partial charge in [-0.3, -0.25) is 9.89 Å². The molecule has 0 aliphatic carbocycles. The number of nitrogens with zero attached hydrogens (tertiary/aromatic N) is 2. The van der Waals surface area contributed by atoms with Crippen LogP contribution < -0.4 is 5.56 Å². The van der Waals surface area contributed by atoms with Crippen molar-refractivity contribution < 1.29 is 0 Å². The van der Waals surface area contributed by atoms with Crippen LogP contribution in [-0.4, -0.2) is 14.6 Å². The van der Waals surface area contributed by atoms with Gasteiger partial charge in [-0.05, 0) is 30.2 Å². The van der Waals surface area contributed by atoms with Crippen molar-refractivity contribution in [3.8, 4) is 22.4 Å². The minimum atomic E-state index is -0.143. The molecule has 5 rings (SSSR count). The third-order valence-corrected chi connectivity index (χ3v) is 5.65. The molecule has 31 heavy (non-hydrogen) atoms. The first kappa shape index (κ1) is 19.3. The van der Waals surface area contributed by atoms with Crippen LogP contribution in [-0.2, 0) is 6.42 Å². The molecule has 0 aliphatic rings. The number of hydrogen-bond donors (Lipinski definition) is 1. The van der Waals surface area contributed by atoms with Gasteiger partial charge in [0.2, 0.25) is 0 Å². The van der Waals surface area contributed by atoms with Gasteiger partial charge < -0.3 is 0 Å². The maximum atomic E-state index is 13.0. The van der Waals surface area contributed by atoms with E-state index >= 15 is 0 Å². The van der Waals surface area contributed by atoms with E-state index in [1.807, 2.05) is 73.7 Å². The maximum absolute atomic E-state index is 13.0. The van der Waals surface area contributed by atoms with Gasteiger partial charge in [0.1, 0.15) is 0 Å². The molecule has 0 radical (unpaired) electrons. The predicted octanol–water partition coefficient (Wildman–Crippen LogP) is 5.91.